The summed E-state index contributed by atoms with van der Waals surface area (Å²) in [5.74, 6) is 1.50. The highest BCUT2D eigenvalue weighted by Crippen LogP contribution is 2.08. The molecule has 5 nitrogen and oxygen atoms in total. The summed E-state index contributed by atoms with van der Waals surface area (Å²) in [6.45, 7) is 7.72. The largest absolute Gasteiger partial charge is 0.372 e. The van der Waals surface area contributed by atoms with Crippen molar-refractivity contribution in [3.8, 4) is 0 Å². The molecule has 18 heavy (non-hydrogen) atoms. The first-order chi connectivity index (χ1) is 8.75. The zero-order chi connectivity index (χ0) is 12.8. The Morgan fingerprint density at radius 2 is 2.39 bits per heavy atom. The molecule has 0 spiro atoms. The normalized spacial score (nSPS) is 20.5. The lowest BCUT2D eigenvalue weighted by Gasteiger charge is -2.23. The number of hydrogen-bond donors (Lipinski definition) is 1. The number of piperidine rings is 1. The van der Waals surface area contributed by atoms with Crippen LogP contribution in [0.1, 0.15) is 38.9 Å². The van der Waals surface area contributed by atoms with E-state index in [2.05, 4.69) is 29.2 Å². The molecule has 1 aromatic rings. The molecule has 0 amide bonds. The molecule has 1 fully saturated rings. The minimum atomic E-state index is 0.514. The fourth-order valence-electron chi connectivity index (χ4n) is 2.26. The highest BCUT2D eigenvalue weighted by molar-refractivity contribution is 4.82. The number of nitrogens with one attached hydrogen (secondary N) is 1. The lowest BCUT2D eigenvalue weighted by Crippen LogP contribution is -2.37. The second-order valence-corrected chi connectivity index (χ2v) is 5.41. The van der Waals surface area contributed by atoms with Crippen molar-refractivity contribution in [2.45, 2.75) is 52.3 Å². The van der Waals surface area contributed by atoms with Crippen LogP contribution < -0.4 is 5.32 Å². The van der Waals surface area contributed by atoms with Gasteiger partial charge in [0.1, 0.15) is 12.9 Å². The van der Waals surface area contributed by atoms with E-state index in [9.17, 15) is 0 Å². The van der Waals surface area contributed by atoms with Gasteiger partial charge in [-0.3, -0.25) is 0 Å². The van der Waals surface area contributed by atoms with Crippen molar-refractivity contribution in [3.63, 3.8) is 0 Å². The number of nitrogens with zero attached hydrogens (tertiary/aromatic N) is 3. The van der Waals surface area contributed by atoms with Gasteiger partial charge < -0.3 is 10.1 Å². The molecule has 1 atom stereocenters. The summed E-state index contributed by atoms with van der Waals surface area (Å²) in [5.41, 5.74) is 0. The molecule has 5 heteroatoms. The number of ether oxygens (including phenoxy) is 1. The van der Waals surface area contributed by atoms with E-state index in [-0.39, 0.29) is 0 Å². The molecule has 2 heterocycles. The maximum atomic E-state index is 5.75. The molecule has 0 radical (unpaired) electrons. The molecular formula is C13H24N4O. The van der Waals surface area contributed by atoms with Crippen molar-refractivity contribution >= 4 is 0 Å². The smallest absolute Gasteiger partial charge is 0.152 e. The van der Waals surface area contributed by atoms with E-state index in [4.69, 9.17) is 4.74 Å². The van der Waals surface area contributed by atoms with Gasteiger partial charge in [0.05, 0.1) is 6.61 Å². The van der Waals surface area contributed by atoms with Crippen LogP contribution in [0.4, 0.5) is 0 Å². The van der Waals surface area contributed by atoms with Crippen LogP contribution in [0.25, 0.3) is 0 Å². The van der Waals surface area contributed by atoms with Gasteiger partial charge in [0.25, 0.3) is 0 Å². The first-order valence-corrected chi connectivity index (χ1v) is 6.93. The van der Waals surface area contributed by atoms with Crippen LogP contribution in [0.2, 0.25) is 0 Å². The lowest BCUT2D eigenvalue weighted by atomic mass is 10.1. The fraction of sp³-hybridized carbons (Fsp3) is 0.846. The minimum absolute atomic E-state index is 0.514. The molecule has 0 aliphatic carbocycles. The highest BCUT2D eigenvalue weighted by atomic mass is 16.5. The first-order valence-electron chi connectivity index (χ1n) is 6.93. The molecule has 1 unspecified atom stereocenters. The van der Waals surface area contributed by atoms with Crippen LogP contribution in [0.5, 0.6) is 0 Å². The van der Waals surface area contributed by atoms with Crippen molar-refractivity contribution in [3.05, 3.63) is 12.2 Å². The van der Waals surface area contributed by atoms with E-state index in [1.54, 1.807) is 6.33 Å². The first kappa shape index (κ1) is 13.5. The van der Waals surface area contributed by atoms with Crippen LogP contribution >= 0.6 is 0 Å². The minimum Gasteiger partial charge on any atom is -0.372 e. The van der Waals surface area contributed by atoms with E-state index in [1.807, 2.05) is 4.68 Å². The van der Waals surface area contributed by atoms with Crippen LogP contribution in [-0.2, 0) is 17.9 Å². The van der Waals surface area contributed by atoms with Gasteiger partial charge in [0.2, 0.25) is 0 Å². The maximum Gasteiger partial charge on any atom is 0.152 e. The van der Waals surface area contributed by atoms with Crippen molar-refractivity contribution < 1.29 is 4.74 Å². The second kappa shape index (κ2) is 6.85. The van der Waals surface area contributed by atoms with Gasteiger partial charge in [0, 0.05) is 12.6 Å². The molecule has 2 rings (SSSR count). The van der Waals surface area contributed by atoms with Crippen LogP contribution in [-0.4, -0.2) is 34.0 Å². The monoisotopic (exact) mass is 252 g/mol. The zero-order valence-corrected chi connectivity index (χ0v) is 11.4. The third kappa shape index (κ3) is 4.07. The third-order valence-corrected chi connectivity index (χ3v) is 3.20. The maximum absolute atomic E-state index is 5.75. The number of hydrogen-bond acceptors (Lipinski definition) is 4. The second-order valence-electron chi connectivity index (χ2n) is 5.41. The fourth-order valence-corrected chi connectivity index (χ4v) is 2.26. The van der Waals surface area contributed by atoms with E-state index < -0.39 is 0 Å². The molecular weight excluding hydrogens is 228 g/mol. The molecule has 1 N–H and O–H groups in total. The summed E-state index contributed by atoms with van der Waals surface area (Å²) < 4.78 is 7.70. The van der Waals surface area contributed by atoms with Gasteiger partial charge >= 0.3 is 0 Å². The number of rotatable bonds is 6. The molecule has 1 aliphatic heterocycles. The van der Waals surface area contributed by atoms with E-state index >= 15 is 0 Å². The Morgan fingerprint density at radius 3 is 3.11 bits per heavy atom. The SMILES string of the molecule is CC(C)Cn1ncnc1COCC1CCCCN1. The predicted molar refractivity (Wildman–Crippen MR) is 70.2 cm³/mol. The van der Waals surface area contributed by atoms with Gasteiger partial charge in [0.15, 0.2) is 5.82 Å². The summed E-state index contributed by atoms with van der Waals surface area (Å²) in [5, 5.41) is 7.71. The Balaban J connectivity index is 1.74. The average Bonchev–Trinajstić information content (AvgIpc) is 2.77. The highest BCUT2D eigenvalue weighted by Gasteiger charge is 2.13. The van der Waals surface area contributed by atoms with Gasteiger partial charge in [-0.25, -0.2) is 9.67 Å². The van der Waals surface area contributed by atoms with Crippen molar-refractivity contribution in [1.29, 1.82) is 0 Å². The molecule has 102 valence electrons. The van der Waals surface area contributed by atoms with Crippen LogP contribution in [0.3, 0.4) is 0 Å². The van der Waals surface area contributed by atoms with Gasteiger partial charge in [-0.1, -0.05) is 20.3 Å². The zero-order valence-electron chi connectivity index (χ0n) is 11.4. The van der Waals surface area contributed by atoms with Gasteiger partial charge in [-0.05, 0) is 25.3 Å². The van der Waals surface area contributed by atoms with E-state index in [1.165, 1.54) is 19.3 Å². The summed E-state index contributed by atoms with van der Waals surface area (Å²) in [7, 11) is 0. The Bertz CT molecular complexity index is 345. The third-order valence-electron chi connectivity index (χ3n) is 3.20. The summed E-state index contributed by atoms with van der Waals surface area (Å²) in [4.78, 5) is 4.26. The van der Waals surface area contributed by atoms with Crippen molar-refractivity contribution in [1.82, 2.24) is 20.1 Å². The topological polar surface area (TPSA) is 52.0 Å². The van der Waals surface area contributed by atoms with Crippen molar-refractivity contribution in [2.24, 2.45) is 5.92 Å². The molecule has 1 saturated heterocycles. The van der Waals surface area contributed by atoms with E-state index in [0.717, 1.165) is 25.5 Å². The molecule has 0 bridgehead atoms. The van der Waals surface area contributed by atoms with E-state index in [0.29, 0.717) is 18.6 Å². The average molecular weight is 252 g/mol. The Labute approximate surface area is 109 Å². The summed E-state index contributed by atoms with van der Waals surface area (Å²) in [6.07, 6.45) is 5.43. The molecule has 0 saturated carbocycles. The molecule has 1 aliphatic rings. The quantitative estimate of drug-likeness (QED) is 0.835. The van der Waals surface area contributed by atoms with Crippen molar-refractivity contribution in [2.75, 3.05) is 13.2 Å². The van der Waals surface area contributed by atoms with Crippen LogP contribution in [0.15, 0.2) is 6.33 Å². The van der Waals surface area contributed by atoms with Crippen LogP contribution in [0, 0.1) is 5.92 Å². The predicted octanol–water partition coefficient (Wildman–Crippen LogP) is 1.59. The Morgan fingerprint density at radius 1 is 1.50 bits per heavy atom. The molecule has 0 aromatic carbocycles. The Hall–Kier alpha value is -0.940. The lowest BCUT2D eigenvalue weighted by molar-refractivity contribution is 0.0838. The summed E-state index contributed by atoms with van der Waals surface area (Å²) in [6, 6.07) is 0.514. The number of aromatic nitrogens is 3. The van der Waals surface area contributed by atoms with Gasteiger partial charge in [-0.2, -0.15) is 5.10 Å². The summed E-state index contributed by atoms with van der Waals surface area (Å²) >= 11 is 0. The van der Waals surface area contributed by atoms with Gasteiger partial charge in [-0.15, -0.1) is 0 Å². The Kier molecular flexibility index (Phi) is 5.13. The standard InChI is InChI=1S/C13H24N4O/c1-11(2)7-17-13(15-10-16-17)9-18-8-12-5-3-4-6-14-12/h10-12,14H,3-9H2,1-2H3. The molecule has 1 aromatic heterocycles.